The molecule has 0 unspecified atom stereocenters. The molecule has 0 radical (unpaired) electrons. The lowest BCUT2D eigenvalue weighted by Gasteiger charge is -2.38. The number of carboxylic acid groups (broad SMARTS) is 1. The molecule has 0 aliphatic carbocycles. The number of carbonyl (C=O) groups is 2. The number of ether oxygens (including phenoxy) is 1. The van der Waals surface area contributed by atoms with E-state index in [0.29, 0.717) is 0 Å². The molecule has 13 heteroatoms. The van der Waals surface area contributed by atoms with Gasteiger partial charge < -0.3 is 40.7 Å². The van der Waals surface area contributed by atoms with Gasteiger partial charge in [0.1, 0.15) is 30.6 Å². The van der Waals surface area contributed by atoms with Gasteiger partial charge in [-0.15, -0.1) is 5.10 Å². The highest BCUT2D eigenvalue weighted by molar-refractivity contribution is 5.84. The largest absolute Gasteiger partial charge is 0.478 e. The van der Waals surface area contributed by atoms with Gasteiger partial charge in [0.2, 0.25) is 11.7 Å². The number of rotatable bonds is 8. The van der Waals surface area contributed by atoms with Crippen molar-refractivity contribution in [2.24, 2.45) is 0 Å². The van der Waals surface area contributed by atoms with Crippen LogP contribution in [0.2, 0.25) is 0 Å². The SMILES string of the molecule is O=C(Cn1cc(CO)nn1)N[C@H]1[C@H]([C@H](O)[C@H](O)CO)OC(C(=O)O)=C[C@@H]1O. The Morgan fingerprint density at radius 2 is 2.04 bits per heavy atom. The summed E-state index contributed by atoms with van der Waals surface area (Å²) < 4.78 is 6.20. The van der Waals surface area contributed by atoms with E-state index in [4.69, 9.17) is 20.1 Å². The molecule has 1 aromatic rings. The summed E-state index contributed by atoms with van der Waals surface area (Å²) in [5.41, 5.74) is 0.234. The van der Waals surface area contributed by atoms with E-state index in [1.807, 2.05) is 0 Å². The Morgan fingerprint density at radius 1 is 1.33 bits per heavy atom. The second kappa shape index (κ2) is 8.88. The normalized spacial score (nSPS) is 24.5. The number of aliphatic hydroxyl groups excluding tert-OH is 5. The van der Waals surface area contributed by atoms with Crippen molar-refractivity contribution in [2.75, 3.05) is 6.61 Å². The minimum Gasteiger partial charge on any atom is -0.478 e. The van der Waals surface area contributed by atoms with Gasteiger partial charge >= 0.3 is 5.97 Å². The Labute approximate surface area is 152 Å². The van der Waals surface area contributed by atoms with Crippen LogP contribution in [0.15, 0.2) is 18.0 Å². The Hall–Kier alpha value is -2.58. The van der Waals surface area contributed by atoms with Crippen molar-refractivity contribution in [3.63, 3.8) is 0 Å². The van der Waals surface area contributed by atoms with Crippen molar-refractivity contribution in [2.45, 2.75) is 43.6 Å². The van der Waals surface area contributed by atoms with Gasteiger partial charge in [0, 0.05) is 0 Å². The van der Waals surface area contributed by atoms with Crippen LogP contribution in [0.1, 0.15) is 5.69 Å². The number of aromatic nitrogens is 3. The lowest BCUT2D eigenvalue weighted by Crippen LogP contribution is -2.60. The van der Waals surface area contributed by atoms with Crippen molar-refractivity contribution in [1.29, 1.82) is 0 Å². The standard InChI is InChI=1S/C14H20N4O9/c19-4-6-2-18(17-16-6)3-10(23)15-11-7(21)1-9(14(25)26)27-13(11)12(24)8(22)5-20/h1-2,7-8,11-13,19-22,24H,3-5H2,(H,15,23)(H,25,26)/t7-,8+,11+,12+,13+/m0/s1. The number of aliphatic hydroxyl groups is 5. The van der Waals surface area contributed by atoms with Gasteiger partial charge in [-0.25, -0.2) is 9.48 Å². The van der Waals surface area contributed by atoms with E-state index in [9.17, 15) is 24.9 Å². The summed E-state index contributed by atoms with van der Waals surface area (Å²) >= 11 is 0. The number of hydrogen-bond acceptors (Lipinski definition) is 10. The Balaban J connectivity index is 2.16. The minimum absolute atomic E-state index is 0.234. The number of carbonyl (C=O) groups excluding carboxylic acids is 1. The van der Waals surface area contributed by atoms with Crippen LogP contribution in [-0.4, -0.2) is 94.6 Å². The first-order valence-corrected chi connectivity index (χ1v) is 7.82. The van der Waals surface area contributed by atoms with Gasteiger partial charge in [-0.2, -0.15) is 0 Å². The molecular weight excluding hydrogens is 368 g/mol. The maximum atomic E-state index is 12.2. The van der Waals surface area contributed by atoms with E-state index in [-0.39, 0.29) is 18.8 Å². The van der Waals surface area contributed by atoms with Crippen molar-refractivity contribution in [3.8, 4) is 0 Å². The molecule has 0 saturated carbocycles. The fraction of sp³-hybridized carbons (Fsp3) is 0.571. The summed E-state index contributed by atoms with van der Waals surface area (Å²) in [4.78, 5) is 23.3. The average Bonchev–Trinajstić information content (AvgIpc) is 3.09. The van der Waals surface area contributed by atoms with Gasteiger partial charge in [-0.05, 0) is 6.08 Å². The van der Waals surface area contributed by atoms with Crippen LogP contribution in [0.25, 0.3) is 0 Å². The summed E-state index contributed by atoms with van der Waals surface area (Å²) in [5, 5.41) is 66.4. The summed E-state index contributed by atoms with van der Waals surface area (Å²) in [6.45, 7) is -1.57. The van der Waals surface area contributed by atoms with E-state index < -0.39 is 54.7 Å². The van der Waals surface area contributed by atoms with E-state index in [2.05, 4.69) is 15.6 Å². The molecule has 1 aliphatic heterocycles. The van der Waals surface area contributed by atoms with Gasteiger partial charge in [0.25, 0.3) is 0 Å². The monoisotopic (exact) mass is 388 g/mol. The summed E-state index contributed by atoms with van der Waals surface area (Å²) in [6.07, 6.45) is -4.45. The maximum absolute atomic E-state index is 12.2. The Kier molecular flexibility index (Phi) is 6.81. The number of nitrogens with one attached hydrogen (secondary N) is 1. The third kappa shape index (κ3) is 4.99. The summed E-state index contributed by atoms with van der Waals surface area (Å²) in [5.74, 6) is -2.89. The van der Waals surface area contributed by atoms with Crippen LogP contribution in [-0.2, 0) is 27.5 Å². The van der Waals surface area contributed by atoms with Crippen LogP contribution in [0.5, 0.6) is 0 Å². The fourth-order valence-corrected chi connectivity index (χ4v) is 2.48. The topological polar surface area (TPSA) is 207 Å². The number of aliphatic carboxylic acids is 1. The molecule has 27 heavy (non-hydrogen) atoms. The zero-order valence-electron chi connectivity index (χ0n) is 13.9. The highest BCUT2D eigenvalue weighted by Gasteiger charge is 2.43. The lowest BCUT2D eigenvalue weighted by molar-refractivity contribution is -0.149. The first kappa shape index (κ1) is 20.7. The van der Waals surface area contributed by atoms with Crippen molar-refractivity contribution >= 4 is 11.9 Å². The molecule has 1 aromatic heterocycles. The number of nitrogens with zero attached hydrogens (tertiary/aromatic N) is 3. The van der Waals surface area contributed by atoms with Gasteiger partial charge in [0.05, 0.1) is 25.5 Å². The third-order valence-corrected chi connectivity index (χ3v) is 3.82. The average molecular weight is 388 g/mol. The first-order chi connectivity index (χ1) is 12.8. The number of hydrogen-bond donors (Lipinski definition) is 7. The smallest absolute Gasteiger partial charge is 0.370 e. The first-order valence-electron chi connectivity index (χ1n) is 7.82. The van der Waals surface area contributed by atoms with E-state index in [1.54, 1.807) is 0 Å². The summed E-state index contributed by atoms with van der Waals surface area (Å²) in [6, 6.07) is -1.32. The zero-order valence-corrected chi connectivity index (χ0v) is 13.9. The zero-order chi connectivity index (χ0) is 20.1. The molecule has 7 N–H and O–H groups in total. The van der Waals surface area contributed by atoms with Crippen LogP contribution < -0.4 is 5.32 Å². The van der Waals surface area contributed by atoms with E-state index >= 15 is 0 Å². The minimum atomic E-state index is -1.80. The molecular formula is C14H20N4O9. The maximum Gasteiger partial charge on any atom is 0.370 e. The second-order valence-corrected chi connectivity index (χ2v) is 5.81. The summed E-state index contributed by atoms with van der Waals surface area (Å²) in [7, 11) is 0. The van der Waals surface area contributed by atoms with Crippen LogP contribution >= 0.6 is 0 Å². The Bertz CT molecular complexity index is 707. The molecule has 150 valence electrons. The van der Waals surface area contributed by atoms with Crippen LogP contribution in [0.3, 0.4) is 0 Å². The molecule has 5 atom stereocenters. The molecule has 13 nitrogen and oxygen atoms in total. The van der Waals surface area contributed by atoms with Gasteiger partial charge in [-0.3, -0.25) is 4.79 Å². The highest BCUT2D eigenvalue weighted by atomic mass is 16.5. The highest BCUT2D eigenvalue weighted by Crippen LogP contribution is 2.23. The molecule has 2 rings (SSSR count). The molecule has 0 spiro atoms. The molecule has 0 fully saturated rings. The second-order valence-electron chi connectivity index (χ2n) is 5.81. The predicted molar refractivity (Wildman–Crippen MR) is 83.6 cm³/mol. The number of amides is 1. The van der Waals surface area contributed by atoms with Gasteiger partial charge in [-0.1, -0.05) is 5.21 Å². The Morgan fingerprint density at radius 3 is 2.59 bits per heavy atom. The van der Waals surface area contributed by atoms with E-state index in [1.165, 1.54) is 6.20 Å². The van der Waals surface area contributed by atoms with E-state index in [0.717, 1.165) is 10.8 Å². The molecule has 0 saturated heterocycles. The third-order valence-electron chi connectivity index (χ3n) is 3.82. The fourth-order valence-electron chi connectivity index (χ4n) is 2.48. The predicted octanol–water partition coefficient (Wildman–Crippen LogP) is -4.30. The quantitative estimate of drug-likeness (QED) is 0.226. The molecule has 1 amide bonds. The lowest BCUT2D eigenvalue weighted by atomic mass is 9.94. The van der Waals surface area contributed by atoms with Crippen molar-refractivity contribution in [3.05, 3.63) is 23.7 Å². The molecule has 2 heterocycles. The molecule has 1 aliphatic rings. The molecule has 0 aromatic carbocycles. The van der Waals surface area contributed by atoms with Crippen molar-refractivity contribution < 1.29 is 45.0 Å². The van der Waals surface area contributed by atoms with Crippen LogP contribution in [0, 0.1) is 0 Å². The van der Waals surface area contributed by atoms with Crippen LogP contribution in [0.4, 0.5) is 0 Å². The van der Waals surface area contributed by atoms with Gasteiger partial charge in [0.15, 0.2) is 6.10 Å². The van der Waals surface area contributed by atoms with Crippen molar-refractivity contribution in [1.82, 2.24) is 20.3 Å². The molecule has 0 bridgehead atoms. The number of carboxylic acids is 1.